The highest BCUT2D eigenvalue weighted by molar-refractivity contribution is 6.39. The zero-order valence-electron chi connectivity index (χ0n) is 16.0. The van der Waals surface area contributed by atoms with Crippen molar-refractivity contribution < 1.29 is 18.8 Å². The summed E-state index contributed by atoms with van der Waals surface area (Å²) in [6, 6.07) is 5.57. The molecular formula is C19H27FN4O3. The maximum atomic E-state index is 13.5. The van der Waals surface area contributed by atoms with Gasteiger partial charge >= 0.3 is 17.8 Å². The van der Waals surface area contributed by atoms with E-state index in [1.165, 1.54) is 18.2 Å². The van der Waals surface area contributed by atoms with Crippen molar-refractivity contribution in [2.45, 2.75) is 39.2 Å². The smallest absolute Gasteiger partial charge is 0.317 e. The van der Waals surface area contributed by atoms with Gasteiger partial charge in [0.1, 0.15) is 5.82 Å². The standard InChI is InChI=1S/C19H27FN4O3/c1-19(2,3)23-18(27)24-10-8-13(9-11-24)12-21-16(25)17(26)22-15-7-5-4-6-14(15)20/h4-7,13H,8-12H2,1-3H3,(H,21,25)(H,22,26)(H,23,27). The Balaban J connectivity index is 1.73. The first-order valence-electron chi connectivity index (χ1n) is 9.06. The minimum atomic E-state index is -0.901. The zero-order valence-corrected chi connectivity index (χ0v) is 16.0. The summed E-state index contributed by atoms with van der Waals surface area (Å²) in [6.45, 7) is 7.34. The third-order valence-corrected chi connectivity index (χ3v) is 4.26. The molecule has 1 heterocycles. The summed E-state index contributed by atoms with van der Waals surface area (Å²) in [4.78, 5) is 37.7. The lowest BCUT2D eigenvalue weighted by Crippen LogP contribution is -2.51. The van der Waals surface area contributed by atoms with Gasteiger partial charge in [0.2, 0.25) is 0 Å². The van der Waals surface area contributed by atoms with Crippen LogP contribution in [0.5, 0.6) is 0 Å². The second-order valence-electron chi connectivity index (χ2n) is 7.75. The van der Waals surface area contributed by atoms with E-state index in [1.54, 1.807) is 11.0 Å². The number of halogens is 1. The largest absolute Gasteiger partial charge is 0.348 e. The lowest BCUT2D eigenvalue weighted by Gasteiger charge is -2.34. The molecule has 1 fully saturated rings. The number of nitrogens with zero attached hydrogens (tertiary/aromatic N) is 1. The number of likely N-dealkylation sites (tertiary alicyclic amines) is 1. The molecule has 1 aliphatic heterocycles. The third kappa shape index (κ3) is 6.54. The van der Waals surface area contributed by atoms with Crippen LogP contribution in [0.25, 0.3) is 0 Å². The number of hydrogen-bond acceptors (Lipinski definition) is 3. The number of hydrogen-bond donors (Lipinski definition) is 3. The number of nitrogens with one attached hydrogen (secondary N) is 3. The average molecular weight is 378 g/mol. The Labute approximate surface area is 158 Å². The summed E-state index contributed by atoms with van der Waals surface area (Å²) in [6.07, 6.45) is 1.49. The number of rotatable bonds is 3. The van der Waals surface area contributed by atoms with Gasteiger partial charge in [-0.3, -0.25) is 9.59 Å². The average Bonchev–Trinajstić information content (AvgIpc) is 2.60. The van der Waals surface area contributed by atoms with Crippen molar-refractivity contribution in [3.8, 4) is 0 Å². The fraction of sp³-hybridized carbons (Fsp3) is 0.526. The highest BCUT2D eigenvalue weighted by Gasteiger charge is 2.26. The first-order valence-corrected chi connectivity index (χ1v) is 9.06. The van der Waals surface area contributed by atoms with Gasteiger partial charge < -0.3 is 20.9 Å². The van der Waals surface area contributed by atoms with E-state index in [0.717, 1.165) is 12.8 Å². The molecule has 7 nitrogen and oxygen atoms in total. The van der Waals surface area contributed by atoms with Gasteiger partial charge in [0.05, 0.1) is 5.69 Å². The van der Waals surface area contributed by atoms with Crippen LogP contribution in [0.4, 0.5) is 14.9 Å². The van der Waals surface area contributed by atoms with E-state index >= 15 is 0 Å². The molecule has 0 aliphatic carbocycles. The predicted molar refractivity (Wildman–Crippen MR) is 101 cm³/mol. The van der Waals surface area contributed by atoms with Crippen LogP contribution in [0.3, 0.4) is 0 Å². The molecule has 2 rings (SSSR count). The highest BCUT2D eigenvalue weighted by atomic mass is 19.1. The first-order chi connectivity index (χ1) is 12.7. The molecule has 0 aromatic heterocycles. The highest BCUT2D eigenvalue weighted by Crippen LogP contribution is 2.17. The first kappa shape index (κ1) is 20.7. The summed E-state index contributed by atoms with van der Waals surface area (Å²) >= 11 is 0. The Morgan fingerprint density at radius 2 is 1.74 bits per heavy atom. The fourth-order valence-electron chi connectivity index (χ4n) is 2.80. The number of carbonyl (C=O) groups excluding carboxylic acids is 3. The molecule has 0 spiro atoms. The number of piperidine rings is 1. The Kier molecular flexibility index (Phi) is 6.76. The SMILES string of the molecule is CC(C)(C)NC(=O)N1CCC(CNC(=O)C(=O)Nc2ccccc2F)CC1. The van der Waals surface area contributed by atoms with Crippen LogP contribution >= 0.6 is 0 Å². The number of para-hydroxylation sites is 1. The van der Waals surface area contributed by atoms with Gasteiger partial charge in [-0.15, -0.1) is 0 Å². The quantitative estimate of drug-likeness (QED) is 0.704. The van der Waals surface area contributed by atoms with Gasteiger partial charge in [-0.05, 0) is 51.7 Å². The lowest BCUT2D eigenvalue weighted by atomic mass is 9.97. The second-order valence-corrected chi connectivity index (χ2v) is 7.75. The van der Waals surface area contributed by atoms with E-state index in [2.05, 4.69) is 16.0 Å². The molecular weight excluding hydrogens is 351 g/mol. The van der Waals surface area contributed by atoms with Gasteiger partial charge in [0.15, 0.2) is 0 Å². The molecule has 0 atom stereocenters. The minimum absolute atomic E-state index is 0.0316. The minimum Gasteiger partial charge on any atom is -0.348 e. The molecule has 3 N–H and O–H groups in total. The second kappa shape index (κ2) is 8.83. The third-order valence-electron chi connectivity index (χ3n) is 4.26. The van der Waals surface area contributed by atoms with Crippen LogP contribution in [0.1, 0.15) is 33.6 Å². The van der Waals surface area contributed by atoms with Gasteiger partial charge in [-0.1, -0.05) is 12.1 Å². The van der Waals surface area contributed by atoms with Crippen molar-refractivity contribution in [1.82, 2.24) is 15.5 Å². The topological polar surface area (TPSA) is 90.5 Å². The normalized spacial score (nSPS) is 15.2. The van der Waals surface area contributed by atoms with Gasteiger partial charge in [-0.25, -0.2) is 9.18 Å². The van der Waals surface area contributed by atoms with Crippen molar-refractivity contribution in [2.24, 2.45) is 5.92 Å². The number of carbonyl (C=O) groups is 3. The fourth-order valence-corrected chi connectivity index (χ4v) is 2.80. The number of urea groups is 1. The van der Waals surface area contributed by atoms with Crippen LogP contribution in [0.15, 0.2) is 24.3 Å². The molecule has 148 valence electrons. The summed E-state index contributed by atoms with van der Waals surface area (Å²) in [5.41, 5.74) is -0.316. The molecule has 0 unspecified atom stereocenters. The summed E-state index contributed by atoms with van der Waals surface area (Å²) in [7, 11) is 0. The van der Waals surface area contributed by atoms with Crippen LogP contribution in [-0.2, 0) is 9.59 Å². The predicted octanol–water partition coefficient (Wildman–Crippen LogP) is 2.10. The molecule has 8 heteroatoms. The Morgan fingerprint density at radius 1 is 1.11 bits per heavy atom. The van der Waals surface area contributed by atoms with E-state index in [0.29, 0.717) is 19.6 Å². The van der Waals surface area contributed by atoms with E-state index < -0.39 is 17.6 Å². The molecule has 4 amide bonds. The van der Waals surface area contributed by atoms with Crippen LogP contribution in [-0.4, -0.2) is 47.9 Å². The van der Waals surface area contributed by atoms with E-state index in [-0.39, 0.29) is 23.2 Å². The monoisotopic (exact) mass is 378 g/mol. The number of benzene rings is 1. The summed E-state index contributed by atoms with van der Waals surface area (Å²) in [5.74, 6) is -2.11. The molecule has 1 saturated heterocycles. The van der Waals surface area contributed by atoms with Crippen molar-refractivity contribution in [1.29, 1.82) is 0 Å². The van der Waals surface area contributed by atoms with Crippen LogP contribution < -0.4 is 16.0 Å². The van der Waals surface area contributed by atoms with Crippen molar-refractivity contribution >= 4 is 23.5 Å². The summed E-state index contributed by atoms with van der Waals surface area (Å²) < 4.78 is 13.5. The van der Waals surface area contributed by atoms with Gasteiger partial charge in [0, 0.05) is 25.2 Å². The van der Waals surface area contributed by atoms with E-state index in [9.17, 15) is 18.8 Å². The molecule has 0 radical (unpaired) electrons. The Morgan fingerprint density at radius 3 is 2.33 bits per heavy atom. The molecule has 0 saturated carbocycles. The van der Waals surface area contributed by atoms with Crippen molar-refractivity contribution in [3.63, 3.8) is 0 Å². The number of amides is 4. The Hall–Kier alpha value is -2.64. The van der Waals surface area contributed by atoms with Gasteiger partial charge in [-0.2, -0.15) is 0 Å². The van der Waals surface area contributed by atoms with E-state index in [4.69, 9.17) is 0 Å². The van der Waals surface area contributed by atoms with Gasteiger partial charge in [0.25, 0.3) is 0 Å². The van der Waals surface area contributed by atoms with Crippen LogP contribution in [0, 0.1) is 11.7 Å². The van der Waals surface area contributed by atoms with Crippen LogP contribution in [0.2, 0.25) is 0 Å². The molecule has 0 bridgehead atoms. The van der Waals surface area contributed by atoms with E-state index in [1.807, 2.05) is 20.8 Å². The Bertz CT molecular complexity index is 694. The maximum absolute atomic E-state index is 13.5. The molecule has 1 aromatic carbocycles. The lowest BCUT2D eigenvalue weighted by molar-refractivity contribution is -0.136. The maximum Gasteiger partial charge on any atom is 0.317 e. The zero-order chi connectivity index (χ0) is 20.0. The summed E-state index contributed by atoms with van der Waals surface area (Å²) in [5, 5.41) is 7.77. The molecule has 1 aliphatic rings. The van der Waals surface area contributed by atoms with Crippen molar-refractivity contribution in [2.75, 3.05) is 25.0 Å². The molecule has 27 heavy (non-hydrogen) atoms. The molecule has 1 aromatic rings. The number of anilines is 1. The van der Waals surface area contributed by atoms with Crippen molar-refractivity contribution in [3.05, 3.63) is 30.1 Å².